The molecule has 0 aliphatic rings. The Balaban J connectivity index is 2.07. The van der Waals surface area contributed by atoms with Crippen LogP contribution in [0, 0.1) is 0 Å². The molecule has 0 saturated heterocycles. The summed E-state index contributed by atoms with van der Waals surface area (Å²) in [6.45, 7) is 0.805. The second kappa shape index (κ2) is 5.09. The Morgan fingerprint density at radius 2 is 2.20 bits per heavy atom. The fourth-order valence-electron chi connectivity index (χ4n) is 1.14. The van der Waals surface area contributed by atoms with Crippen molar-refractivity contribution in [1.29, 1.82) is 0 Å². The van der Waals surface area contributed by atoms with Crippen LogP contribution in [0.3, 0.4) is 0 Å². The molecule has 0 saturated carbocycles. The summed E-state index contributed by atoms with van der Waals surface area (Å²) in [4.78, 5) is 5.26. The number of halogens is 2. The lowest BCUT2D eigenvalue weighted by Gasteiger charge is -2.07. The number of aromatic nitrogens is 1. The summed E-state index contributed by atoms with van der Waals surface area (Å²) in [5, 5.41) is 3.35. The van der Waals surface area contributed by atoms with E-state index in [9.17, 15) is 0 Å². The highest BCUT2D eigenvalue weighted by Gasteiger charge is 2.00. The van der Waals surface area contributed by atoms with Crippen LogP contribution in [0.15, 0.2) is 38.9 Å². The minimum absolute atomic E-state index is 0.805. The molecule has 15 heavy (non-hydrogen) atoms. The van der Waals surface area contributed by atoms with Crippen molar-refractivity contribution in [1.82, 2.24) is 4.98 Å². The molecule has 0 atom stereocenters. The normalized spacial score (nSPS) is 10.3. The van der Waals surface area contributed by atoms with Crippen molar-refractivity contribution in [3.8, 4) is 0 Å². The highest BCUT2D eigenvalue weighted by atomic mass is 79.9. The zero-order chi connectivity index (χ0) is 10.7. The molecule has 2 aromatic rings. The van der Waals surface area contributed by atoms with Crippen LogP contribution in [0.5, 0.6) is 0 Å². The molecule has 0 amide bonds. The molecule has 1 aromatic carbocycles. The third-order valence-electron chi connectivity index (χ3n) is 1.86. The Hall–Kier alpha value is -0.390. The molecule has 0 fully saturated rings. The van der Waals surface area contributed by atoms with Crippen molar-refractivity contribution in [2.45, 2.75) is 6.54 Å². The summed E-state index contributed by atoms with van der Waals surface area (Å²) in [7, 11) is 0. The maximum Gasteiger partial charge on any atom is 0.0794 e. The van der Waals surface area contributed by atoms with E-state index in [4.69, 9.17) is 0 Å². The third-order valence-corrected chi connectivity index (χ3v) is 3.83. The fraction of sp³-hybridized carbons (Fsp3) is 0.100. The Morgan fingerprint density at radius 1 is 1.33 bits per heavy atom. The monoisotopic (exact) mass is 346 g/mol. The Kier molecular flexibility index (Phi) is 3.77. The van der Waals surface area contributed by atoms with E-state index in [1.54, 1.807) is 11.3 Å². The van der Waals surface area contributed by atoms with Gasteiger partial charge in [0.25, 0.3) is 0 Å². The van der Waals surface area contributed by atoms with Gasteiger partial charge < -0.3 is 5.32 Å². The first-order valence-corrected chi connectivity index (χ1v) is 6.78. The Bertz CT molecular complexity index is 443. The van der Waals surface area contributed by atoms with Crippen LogP contribution in [0.4, 0.5) is 5.69 Å². The van der Waals surface area contributed by atoms with Gasteiger partial charge in [-0.3, -0.25) is 4.98 Å². The molecule has 78 valence electrons. The van der Waals surface area contributed by atoms with E-state index < -0.39 is 0 Å². The summed E-state index contributed by atoms with van der Waals surface area (Å²) in [6, 6.07) is 6.06. The zero-order valence-corrected chi connectivity index (χ0v) is 11.7. The van der Waals surface area contributed by atoms with Gasteiger partial charge in [-0.15, -0.1) is 11.3 Å². The van der Waals surface area contributed by atoms with Gasteiger partial charge in [0.2, 0.25) is 0 Å². The summed E-state index contributed by atoms with van der Waals surface area (Å²) in [5.41, 5.74) is 2.92. The van der Waals surface area contributed by atoms with E-state index in [1.807, 2.05) is 29.9 Å². The van der Waals surface area contributed by atoms with Crippen LogP contribution in [-0.4, -0.2) is 4.98 Å². The summed E-state index contributed by atoms with van der Waals surface area (Å²) >= 11 is 8.60. The SMILES string of the molecule is Brc1ccc(Br)c(NCc2cncs2)c1. The molecule has 0 aliphatic heterocycles. The lowest BCUT2D eigenvalue weighted by Crippen LogP contribution is -1.98. The molecule has 1 N–H and O–H groups in total. The second-order valence-corrected chi connectivity index (χ2v) is 5.69. The number of nitrogens with one attached hydrogen (secondary N) is 1. The van der Waals surface area contributed by atoms with E-state index in [-0.39, 0.29) is 0 Å². The van der Waals surface area contributed by atoms with Crippen LogP contribution in [0.25, 0.3) is 0 Å². The van der Waals surface area contributed by atoms with Crippen LogP contribution in [0.2, 0.25) is 0 Å². The average molecular weight is 348 g/mol. The van der Waals surface area contributed by atoms with Crippen molar-refractivity contribution in [2.75, 3.05) is 5.32 Å². The standard InChI is InChI=1S/C10H8Br2N2S/c11-7-1-2-9(12)10(3-7)14-5-8-4-13-6-15-8/h1-4,6,14H,5H2. The lowest BCUT2D eigenvalue weighted by molar-refractivity contribution is 1.17. The van der Waals surface area contributed by atoms with Crippen LogP contribution >= 0.6 is 43.2 Å². The van der Waals surface area contributed by atoms with E-state index in [2.05, 4.69) is 42.2 Å². The maximum atomic E-state index is 4.03. The predicted molar refractivity (Wildman–Crippen MR) is 71.3 cm³/mol. The first-order chi connectivity index (χ1) is 7.25. The highest BCUT2D eigenvalue weighted by molar-refractivity contribution is 9.11. The lowest BCUT2D eigenvalue weighted by atomic mass is 10.3. The van der Waals surface area contributed by atoms with E-state index in [0.717, 1.165) is 21.2 Å². The van der Waals surface area contributed by atoms with Crippen LogP contribution in [-0.2, 0) is 6.54 Å². The highest BCUT2D eigenvalue weighted by Crippen LogP contribution is 2.26. The molecule has 0 bridgehead atoms. The summed E-state index contributed by atoms with van der Waals surface area (Å²) in [6.07, 6.45) is 1.88. The van der Waals surface area contributed by atoms with Gasteiger partial charge in [-0.25, -0.2) is 0 Å². The quantitative estimate of drug-likeness (QED) is 0.896. The molecular formula is C10H8Br2N2S. The zero-order valence-electron chi connectivity index (χ0n) is 7.71. The molecule has 2 rings (SSSR count). The molecule has 2 nitrogen and oxygen atoms in total. The largest absolute Gasteiger partial charge is 0.379 e. The van der Waals surface area contributed by atoms with Crippen molar-refractivity contribution in [3.63, 3.8) is 0 Å². The number of hydrogen-bond acceptors (Lipinski definition) is 3. The third kappa shape index (κ3) is 3.03. The molecular weight excluding hydrogens is 340 g/mol. The van der Waals surface area contributed by atoms with Gasteiger partial charge >= 0.3 is 0 Å². The minimum Gasteiger partial charge on any atom is -0.379 e. The van der Waals surface area contributed by atoms with Gasteiger partial charge in [-0.05, 0) is 34.1 Å². The smallest absolute Gasteiger partial charge is 0.0794 e. The summed E-state index contributed by atoms with van der Waals surface area (Å²) in [5.74, 6) is 0. The molecule has 1 aromatic heterocycles. The molecule has 1 heterocycles. The number of hydrogen-bond donors (Lipinski definition) is 1. The number of benzene rings is 1. The second-order valence-electron chi connectivity index (χ2n) is 2.95. The van der Waals surface area contributed by atoms with Crippen LogP contribution < -0.4 is 5.32 Å². The summed E-state index contributed by atoms with van der Waals surface area (Å²) < 4.78 is 2.13. The van der Waals surface area contributed by atoms with E-state index >= 15 is 0 Å². The number of rotatable bonds is 3. The van der Waals surface area contributed by atoms with E-state index in [1.165, 1.54) is 4.88 Å². The van der Waals surface area contributed by atoms with Crippen LogP contribution in [0.1, 0.15) is 4.88 Å². The fourth-order valence-corrected chi connectivity index (χ4v) is 2.43. The molecule has 0 unspecified atom stereocenters. The molecule has 0 radical (unpaired) electrons. The Morgan fingerprint density at radius 3 is 2.93 bits per heavy atom. The van der Waals surface area contributed by atoms with Crippen molar-refractivity contribution < 1.29 is 0 Å². The minimum atomic E-state index is 0.805. The van der Waals surface area contributed by atoms with E-state index in [0.29, 0.717) is 0 Å². The van der Waals surface area contributed by atoms with Gasteiger partial charge in [0.15, 0.2) is 0 Å². The predicted octanol–water partition coefficient (Wildman–Crippen LogP) is 4.28. The first kappa shape index (κ1) is 11.1. The van der Waals surface area contributed by atoms with Crippen molar-refractivity contribution in [2.24, 2.45) is 0 Å². The van der Waals surface area contributed by atoms with Crippen molar-refractivity contribution in [3.05, 3.63) is 43.7 Å². The average Bonchev–Trinajstić information content (AvgIpc) is 2.72. The molecule has 0 aliphatic carbocycles. The number of nitrogens with zero attached hydrogens (tertiary/aromatic N) is 1. The Labute approximate surface area is 109 Å². The van der Waals surface area contributed by atoms with Gasteiger partial charge in [0, 0.05) is 25.7 Å². The number of thiazole rings is 1. The number of anilines is 1. The van der Waals surface area contributed by atoms with Crippen molar-refractivity contribution >= 4 is 48.9 Å². The topological polar surface area (TPSA) is 24.9 Å². The molecule has 0 spiro atoms. The van der Waals surface area contributed by atoms with Gasteiger partial charge in [-0.2, -0.15) is 0 Å². The van der Waals surface area contributed by atoms with Gasteiger partial charge in [0.1, 0.15) is 0 Å². The van der Waals surface area contributed by atoms with Gasteiger partial charge in [-0.1, -0.05) is 15.9 Å². The molecule has 5 heteroatoms. The maximum absolute atomic E-state index is 4.03. The van der Waals surface area contributed by atoms with Gasteiger partial charge in [0.05, 0.1) is 12.1 Å². The first-order valence-electron chi connectivity index (χ1n) is 4.32.